The molecule has 6 N–H and O–H groups in total. The second-order valence-corrected chi connectivity index (χ2v) is 17.8. The van der Waals surface area contributed by atoms with Gasteiger partial charge in [0.1, 0.15) is 11.5 Å². The van der Waals surface area contributed by atoms with E-state index in [1.165, 1.54) is 0 Å². The molecule has 4 atom stereocenters. The molecule has 0 fully saturated rings. The molecule has 0 amide bonds. The zero-order chi connectivity index (χ0) is 53.5. The predicted octanol–water partition coefficient (Wildman–Crippen LogP) is 11.2. The number of nitrogens with one attached hydrogen (secondary N) is 4. The van der Waals surface area contributed by atoms with Gasteiger partial charge in [-0.25, -0.2) is 0 Å². The van der Waals surface area contributed by atoms with E-state index in [9.17, 15) is 20.4 Å². The van der Waals surface area contributed by atoms with Crippen LogP contribution < -0.4 is 50.4 Å². The maximum atomic E-state index is 13.0. The van der Waals surface area contributed by atoms with E-state index in [2.05, 4.69) is 69.8 Å². The molecule has 8 aromatic rings. The van der Waals surface area contributed by atoms with Crippen LogP contribution in [0.3, 0.4) is 0 Å². The van der Waals surface area contributed by atoms with E-state index < -0.39 is 0 Å². The van der Waals surface area contributed by atoms with Crippen molar-refractivity contribution in [3.8, 4) is 46.0 Å². The summed E-state index contributed by atoms with van der Waals surface area (Å²) >= 11 is 0. The number of phenols is 2. The fourth-order valence-electron chi connectivity index (χ4n) is 9.14. The standard InChI is InChI=1S/2C32H36N2O4.2Cu/c2*1-3-37-27-19-11-17-25(31(27)35)21-33-29(23-13-7-5-8-14-23)30(24-15-9-6-10-16-24)34-22-26-18-12-20-28(32(26)36)38-4-2;;/h2*5-20,29-30,33-36H,3-4,21-22H2,1-2H3;;/q;;2*+1/p-2/t2*29-,30-;;/m00../s1. The molecule has 416 valence electrons. The minimum atomic E-state index is -0.195. The minimum Gasteiger partial charge on any atom is -0.870 e. The van der Waals surface area contributed by atoms with Gasteiger partial charge in [-0.2, -0.15) is 0 Å². The second-order valence-electron chi connectivity index (χ2n) is 17.8. The summed E-state index contributed by atoms with van der Waals surface area (Å²) in [5.41, 5.74) is 7.10. The van der Waals surface area contributed by atoms with Gasteiger partial charge in [0.25, 0.3) is 0 Å². The maximum absolute atomic E-state index is 13.0. The van der Waals surface area contributed by atoms with Gasteiger partial charge in [0.15, 0.2) is 23.0 Å². The number of hydrogen-bond donors (Lipinski definition) is 6. The van der Waals surface area contributed by atoms with Crippen LogP contribution in [0.4, 0.5) is 0 Å². The Hall–Kier alpha value is -6.96. The SMILES string of the molecule is CCOc1cccc(CN[C@@H](c2ccccc2)[C@@H](NCc2cccc(OCC)c2O)c2ccccc2)c1O.CCOc1cccc(CN[C@@H](c2ccccc2)[C@@H](NCc2cccc(OCC)c2[O-])c2ccccc2)c1[O-].[Cu+].[Cu+]. The Kier molecular flexibility index (Phi) is 25.9. The molecule has 0 bridgehead atoms. The molecular weight excluding hydrogens is 1080 g/mol. The van der Waals surface area contributed by atoms with Crippen LogP contribution in [0.15, 0.2) is 194 Å². The number of benzene rings is 8. The van der Waals surface area contributed by atoms with Crippen molar-refractivity contribution in [2.75, 3.05) is 26.4 Å². The number of ether oxygens (including phenoxy) is 4. The quantitative estimate of drug-likeness (QED) is 0.0284. The van der Waals surface area contributed by atoms with Gasteiger partial charge in [-0.15, -0.1) is 0 Å². The fraction of sp³-hybridized carbons (Fsp3) is 0.250. The first kappa shape index (κ1) is 61.9. The van der Waals surface area contributed by atoms with E-state index >= 15 is 0 Å². The first-order valence-corrected chi connectivity index (χ1v) is 26.1. The first-order chi connectivity index (χ1) is 37.2. The summed E-state index contributed by atoms with van der Waals surface area (Å²) in [6, 6.07) is 61.9. The summed E-state index contributed by atoms with van der Waals surface area (Å²) in [5.74, 6) is 1.75. The summed E-state index contributed by atoms with van der Waals surface area (Å²) in [7, 11) is 0. The maximum Gasteiger partial charge on any atom is 1.00 e. The van der Waals surface area contributed by atoms with Crippen LogP contribution in [0.1, 0.15) is 96.4 Å². The third-order valence-corrected chi connectivity index (χ3v) is 12.8. The number of rotatable bonds is 26. The van der Waals surface area contributed by atoms with Crippen LogP contribution in [0.5, 0.6) is 46.0 Å². The summed E-state index contributed by atoms with van der Waals surface area (Å²) in [4.78, 5) is 0. The van der Waals surface area contributed by atoms with Gasteiger partial charge >= 0.3 is 34.1 Å². The van der Waals surface area contributed by atoms with Gasteiger partial charge < -0.3 is 60.6 Å². The largest absolute Gasteiger partial charge is 1.00 e. The number of hydrogen-bond acceptors (Lipinski definition) is 12. The van der Waals surface area contributed by atoms with Gasteiger partial charge in [0.2, 0.25) is 0 Å². The molecule has 0 saturated heterocycles. The Morgan fingerprint density at radius 2 is 0.551 bits per heavy atom. The molecule has 12 nitrogen and oxygen atoms in total. The molecule has 0 aliphatic heterocycles. The van der Waals surface area contributed by atoms with Crippen molar-refractivity contribution in [1.82, 2.24) is 21.3 Å². The van der Waals surface area contributed by atoms with Crippen molar-refractivity contribution < 1.29 is 73.5 Å². The van der Waals surface area contributed by atoms with Crippen molar-refractivity contribution in [1.29, 1.82) is 0 Å². The van der Waals surface area contributed by atoms with Crippen molar-refractivity contribution >= 4 is 0 Å². The average molecular weight is 1150 g/mol. The molecule has 0 aromatic heterocycles. The summed E-state index contributed by atoms with van der Waals surface area (Å²) in [5, 5.41) is 62.1. The molecule has 0 aliphatic carbocycles. The Labute approximate surface area is 481 Å². The van der Waals surface area contributed by atoms with Gasteiger partial charge in [-0.05, 0) is 85.3 Å². The Morgan fingerprint density at radius 1 is 0.321 bits per heavy atom. The van der Waals surface area contributed by atoms with Crippen LogP contribution in [-0.4, -0.2) is 36.6 Å². The molecule has 0 aliphatic rings. The van der Waals surface area contributed by atoms with E-state index in [0.717, 1.165) is 33.4 Å². The van der Waals surface area contributed by atoms with Crippen molar-refractivity contribution in [3.05, 3.63) is 239 Å². The molecule has 8 rings (SSSR count). The van der Waals surface area contributed by atoms with Gasteiger partial charge in [0.05, 0.1) is 50.6 Å². The molecule has 8 aromatic carbocycles. The van der Waals surface area contributed by atoms with Crippen LogP contribution in [-0.2, 0) is 60.3 Å². The number of aromatic hydroxyl groups is 2. The minimum absolute atomic E-state index is 0. The number of para-hydroxylation sites is 4. The molecule has 0 unspecified atom stereocenters. The van der Waals surface area contributed by atoms with E-state index in [1.807, 2.05) is 149 Å². The third kappa shape index (κ3) is 17.0. The van der Waals surface area contributed by atoms with Gasteiger partial charge in [0, 0.05) is 37.3 Å². The average Bonchev–Trinajstić information content (AvgIpc) is 3.45. The van der Waals surface area contributed by atoms with Crippen LogP contribution >= 0.6 is 0 Å². The number of phenolic OH excluding ortho intramolecular Hbond substituents is 2. The molecule has 0 heterocycles. The molecule has 0 saturated carbocycles. The molecule has 14 heteroatoms. The van der Waals surface area contributed by atoms with E-state index in [0.29, 0.717) is 86.7 Å². The molecule has 0 radical (unpaired) electrons. The van der Waals surface area contributed by atoms with Crippen LogP contribution in [0.2, 0.25) is 0 Å². The molecule has 78 heavy (non-hydrogen) atoms. The first-order valence-electron chi connectivity index (χ1n) is 26.1. The van der Waals surface area contributed by atoms with Gasteiger partial charge in [-0.3, -0.25) is 0 Å². The predicted molar refractivity (Wildman–Crippen MR) is 297 cm³/mol. The third-order valence-electron chi connectivity index (χ3n) is 12.8. The van der Waals surface area contributed by atoms with E-state index in [-0.39, 0.29) is 81.3 Å². The topological polar surface area (TPSA) is 172 Å². The van der Waals surface area contributed by atoms with E-state index in [4.69, 9.17) is 18.9 Å². The van der Waals surface area contributed by atoms with Crippen molar-refractivity contribution in [3.63, 3.8) is 0 Å². The monoisotopic (exact) mass is 1150 g/mol. The Bertz CT molecular complexity index is 2580. The Morgan fingerprint density at radius 3 is 0.821 bits per heavy atom. The smallest absolute Gasteiger partial charge is 0.870 e. The van der Waals surface area contributed by atoms with Gasteiger partial charge in [-0.1, -0.05) is 181 Å². The summed E-state index contributed by atoms with van der Waals surface area (Å²) in [6.45, 7) is 10.9. The second kappa shape index (κ2) is 32.7. The summed E-state index contributed by atoms with van der Waals surface area (Å²) in [6.07, 6.45) is 0. The van der Waals surface area contributed by atoms with E-state index in [1.54, 1.807) is 24.3 Å². The normalized spacial score (nSPS) is 12.3. The molecule has 0 spiro atoms. The fourth-order valence-corrected chi connectivity index (χ4v) is 9.14. The molecular formula is C64H70Cu2N4O8. The van der Waals surface area contributed by atoms with Crippen molar-refractivity contribution in [2.45, 2.75) is 78.0 Å². The zero-order valence-corrected chi connectivity index (χ0v) is 46.3. The Balaban J connectivity index is 0.000000280. The zero-order valence-electron chi connectivity index (χ0n) is 44.4. The van der Waals surface area contributed by atoms with Crippen molar-refractivity contribution in [2.24, 2.45) is 0 Å². The summed E-state index contributed by atoms with van der Waals surface area (Å²) < 4.78 is 22.2. The van der Waals surface area contributed by atoms with Crippen LogP contribution in [0.25, 0.3) is 0 Å². The van der Waals surface area contributed by atoms with Crippen LogP contribution in [0, 0.1) is 0 Å².